The molecular weight excluding hydrogens is 406 g/mol. The summed E-state index contributed by atoms with van der Waals surface area (Å²) < 4.78 is 12.0. The highest BCUT2D eigenvalue weighted by Gasteiger charge is 2.20. The van der Waals surface area contributed by atoms with Crippen molar-refractivity contribution in [3.05, 3.63) is 58.0 Å². The number of nitrogens with one attached hydrogen (secondary N) is 2. The number of carbonyl (C=O) groups is 1. The lowest BCUT2D eigenvalue weighted by atomic mass is 10.1. The largest absolute Gasteiger partial charge is 0.493 e. The Balaban J connectivity index is 1.85. The number of halogens is 1. The number of hydrogen-bond donors (Lipinski definition) is 2. The molecule has 0 unspecified atom stereocenters. The molecule has 3 rings (SSSR count). The number of hydrogen-bond acceptors (Lipinski definition) is 5. The fourth-order valence-electron chi connectivity index (χ4n) is 2.24. The highest BCUT2D eigenvalue weighted by atomic mass is 79.9. The lowest BCUT2D eigenvalue weighted by Crippen LogP contribution is -2.21. The topological polar surface area (TPSA) is 72.5 Å². The second-order valence-electron chi connectivity index (χ2n) is 5.11. The molecule has 0 bridgehead atoms. The summed E-state index contributed by atoms with van der Waals surface area (Å²) in [4.78, 5) is 16.0. The van der Waals surface area contributed by atoms with E-state index in [1.54, 1.807) is 25.4 Å². The first-order chi connectivity index (χ1) is 12.1. The zero-order valence-corrected chi connectivity index (χ0v) is 15.6. The van der Waals surface area contributed by atoms with Gasteiger partial charge < -0.3 is 14.8 Å². The fourth-order valence-corrected chi connectivity index (χ4v) is 3.02. The van der Waals surface area contributed by atoms with E-state index in [2.05, 4.69) is 31.5 Å². The normalized spacial score (nSPS) is 15.0. The summed E-state index contributed by atoms with van der Waals surface area (Å²) in [7, 11) is 1.56. The van der Waals surface area contributed by atoms with Crippen molar-refractivity contribution in [2.45, 2.75) is 6.61 Å². The average molecular weight is 420 g/mol. The van der Waals surface area contributed by atoms with Crippen LogP contribution in [0.2, 0.25) is 0 Å². The second kappa shape index (κ2) is 7.62. The summed E-state index contributed by atoms with van der Waals surface area (Å²) >= 11 is 8.41. The van der Waals surface area contributed by atoms with Crippen LogP contribution in [0.3, 0.4) is 0 Å². The molecule has 128 valence electrons. The maximum absolute atomic E-state index is 11.8. The Morgan fingerprint density at radius 1 is 1.32 bits per heavy atom. The van der Waals surface area contributed by atoms with Gasteiger partial charge in [0.25, 0.3) is 5.91 Å². The lowest BCUT2D eigenvalue weighted by Gasteiger charge is -2.13. The molecule has 0 atom stereocenters. The first-order valence-electron chi connectivity index (χ1n) is 7.31. The van der Waals surface area contributed by atoms with Crippen LogP contribution in [0.25, 0.3) is 6.08 Å². The van der Waals surface area contributed by atoms with Gasteiger partial charge in [-0.3, -0.25) is 15.1 Å². The Morgan fingerprint density at radius 3 is 2.80 bits per heavy atom. The summed E-state index contributed by atoms with van der Waals surface area (Å²) in [5.74, 6) is 0.836. The minimum Gasteiger partial charge on any atom is -0.493 e. The molecule has 2 N–H and O–H groups in total. The lowest BCUT2D eigenvalue weighted by molar-refractivity contribution is -0.115. The van der Waals surface area contributed by atoms with Gasteiger partial charge in [-0.25, -0.2) is 0 Å². The quantitative estimate of drug-likeness (QED) is 0.573. The van der Waals surface area contributed by atoms with Crippen LogP contribution in [0.4, 0.5) is 0 Å². The van der Waals surface area contributed by atoms with Gasteiger partial charge in [-0.2, -0.15) is 0 Å². The zero-order chi connectivity index (χ0) is 17.8. The number of thiocarbonyl (C=S) groups is 1. The Kier molecular flexibility index (Phi) is 5.30. The van der Waals surface area contributed by atoms with E-state index in [1.807, 2.05) is 24.3 Å². The van der Waals surface area contributed by atoms with Gasteiger partial charge in [-0.05, 0) is 64.1 Å². The number of rotatable bonds is 5. The van der Waals surface area contributed by atoms with Crippen molar-refractivity contribution in [2.24, 2.45) is 0 Å². The molecule has 0 aliphatic carbocycles. The fraction of sp³-hybridized carbons (Fsp3) is 0.118. The first kappa shape index (κ1) is 17.4. The second-order valence-corrected chi connectivity index (χ2v) is 6.37. The molecule has 2 heterocycles. The number of pyridine rings is 1. The number of aromatic nitrogens is 1. The van der Waals surface area contributed by atoms with Crippen molar-refractivity contribution in [2.75, 3.05) is 7.11 Å². The van der Waals surface area contributed by atoms with Gasteiger partial charge in [-0.15, -0.1) is 0 Å². The monoisotopic (exact) mass is 419 g/mol. The summed E-state index contributed by atoms with van der Waals surface area (Å²) in [5.41, 5.74) is 1.94. The van der Waals surface area contributed by atoms with Crippen molar-refractivity contribution >= 4 is 45.2 Å². The Labute approximate surface area is 158 Å². The summed E-state index contributed by atoms with van der Waals surface area (Å²) in [6, 6.07) is 9.24. The Bertz CT molecular complexity index is 856. The van der Waals surface area contributed by atoms with Crippen LogP contribution in [0, 0.1) is 0 Å². The van der Waals surface area contributed by atoms with Crippen LogP contribution in [-0.4, -0.2) is 23.1 Å². The van der Waals surface area contributed by atoms with Crippen molar-refractivity contribution < 1.29 is 14.3 Å². The van der Waals surface area contributed by atoms with Gasteiger partial charge in [0.15, 0.2) is 16.6 Å². The molecule has 1 aliphatic heterocycles. The van der Waals surface area contributed by atoms with E-state index in [4.69, 9.17) is 21.7 Å². The predicted molar refractivity (Wildman–Crippen MR) is 101 cm³/mol. The first-order valence-corrected chi connectivity index (χ1v) is 8.51. The Morgan fingerprint density at radius 2 is 2.16 bits per heavy atom. The van der Waals surface area contributed by atoms with E-state index in [1.165, 1.54) is 0 Å². The number of amides is 1. The number of carbonyl (C=O) groups excluding carboxylic acids is 1. The SMILES string of the molecule is COc1cc(/C=C2/NC(=S)NC2=O)cc(Br)c1OCc1ccccn1. The molecule has 6 nitrogen and oxygen atoms in total. The van der Waals surface area contributed by atoms with Crippen molar-refractivity contribution in [1.82, 2.24) is 15.6 Å². The van der Waals surface area contributed by atoms with Gasteiger partial charge in [0, 0.05) is 6.20 Å². The van der Waals surface area contributed by atoms with E-state index >= 15 is 0 Å². The molecule has 0 saturated carbocycles. The third-order valence-corrected chi connectivity index (χ3v) is 4.17. The van der Waals surface area contributed by atoms with Crippen molar-refractivity contribution in [1.29, 1.82) is 0 Å². The molecule has 1 fully saturated rings. The number of methoxy groups -OCH3 is 1. The summed E-state index contributed by atoms with van der Waals surface area (Å²) in [6.45, 7) is 0.314. The molecule has 0 radical (unpaired) electrons. The van der Waals surface area contributed by atoms with Crippen molar-refractivity contribution in [3.8, 4) is 11.5 Å². The number of nitrogens with zero attached hydrogens (tertiary/aromatic N) is 1. The van der Waals surface area contributed by atoms with Crippen molar-refractivity contribution in [3.63, 3.8) is 0 Å². The van der Waals surface area contributed by atoms with Crippen LogP contribution in [0.15, 0.2) is 46.7 Å². The van der Waals surface area contributed by atoms with Gasteiger partial charge in [0.05, 0.1) is 17.3 Å². The average Bonchev–Trinajstić information content (AvgIpc) is 2.91. The standard InChI is InChI=1S/C17H14BrN3O3S/c1-23-14-8-10(7-13-16(22)21-17(25)20-13)6-12(18)15(14)24-9-11-4-2-3-5-19-11/h2-8H,9H2,1H3,(H2,20,21,22,25)/b13-7+. The zero-order valence-electron chi connectivity index (χ0n) is 13.2. The third kappa shape index (κ3) is 4.15. The molecule has 1 aromatic heterocycles. The molecule has 1 amide bonds. The van der Waals surface area contributed by atoms with Crippen LogP contribution in [0.5, 0.6) is 11.5 Å². The highest BCUT2D eigenvalue weighted by molar-refractivity contribution is 9.10. The molecule has 1 aromatic carbocycles. The molecule has 8 heteroatoms. The van der Waals surface area contributed by atoms with E-state index in [0.717, 1.165) is 11.3 Å². The minimum atomic E-state index is -0.268. The smallest absolute Gasteiger partial charge is 0.273 e. The molecule has 1 aliphatic rings. The maximum atomic E-state index is 11.8. The van der Waals surface area contributed by atoms with E-state index in [-0.39, 0.29) is 11.0 Å². The van der Waals surface area contributed by atoms with Gasteiger partial charge in [-0.1, -0.05) is 6.07 Å². The molecular formula is C17H14BrN3O3S. The minimum absolute atomic E-state index is 0.268. The maximum Gasteiger partial charge on any atom is 0.273 e. The molecule has 2 aromatic rings. The van der Waals surface area contributed by atoms with Gasteiger partial charge in [0.2, 0.25) is 0 Å². The number of ether oxygens (including phenoxy) is 2. The van der Waals surface area contributed by atoms with Crippen LogP contribution in [0.1, 0.15) is 11.3 Å². The Hall–Kier alpha value is -2.45. The third-order valence-electron chi connectivity index (χ3n) is 3.37. The van der Waals surface area contributed by atoms with Gasteiger partial charge in [0.1, 0.15) is 12.3 Å². The van der Waals surface area contributed by atoms with Crippen LogP contribution in [-0.2, 0) is 11.4 Å². The van der Waals surface area contributed by atoms with E-state index in [9.17, 15) is 4.79 Å². The van der Waals surface area contributed by atoms with Crippen LogP contribution >= 0.6 is 28.1 Å². The molecule has 1 saturated heterocycles. The summed E-state index contributed by atoms with van der Waals surface area (Å²) in [5, 5.41) is 5.61. The number of benzene rings is 1. The van der Waals surface area contributed by atoms with E-state index < -0.39 is 0 Å². The summed E-state index contributed by atoms with van der Waals surface area (Å²) in [6.07, 6.45) is 3.40. The molecule has 25 heavy (non-hydrogen) atoms. The predicted octanol–water partition coefficient (Wildman–Crippen LogP) is 2.78. The van der Waals surface area contributed by atoms with Crippen LogP contribution < -0.4 is 20.1 Å². The van der Waals surface area contributed by atoms with Gasteiger partial charge >= 0.3 is 0 Å². The molecule has 0 spiro atoms. The highest BCUT2D eigenvalue weighted by Crippen LogP contribution is 2.37. The van der Waals surface area contributed by atoms with E-state index in [0.29, 0.717) is 28.3 Å².